The number of fused-ring (bicyclic) bond motifs is 1. The summed E-state index contributed by atoms with van der Waals surface area (Å²) in [4.78, 5) is 23.0. The van der Waals surface area contributed by atoms with Crippen molar-refractivity contribution in [2.45, 2.75) is 25.8 Å². The number of hydrogen-bond donors (Lipinski definition) is 1. The molecule has 7 nitrogen and oxygen atoms in total. The molecule has 136 valence electrons. The highest BCUT2D eigenvalue weighted by atomic mass is 16.4. The molecule has 3 heterocycles. The molecule has 26 heavy (non-hydrogen) atoms. The number of imidazole rings is 1. The predicted octanol–water partition coefficient (Wildman–Crippen LogP) is 2.45. The smallest absolute Gasteiger partial charge is 0.298 e. The number of amides is 1. The Morgan fingerprint density at radius 2 is 2.12 bits per heavy atom. The summed E-state index contributed by atoms with van der Waals surface area (Å²) < 4.78 is 7.84. The monoisotopic (exact) mass is 353 g/mol. The molecule has 0 aliphatic carbocycles. The topological polar surface area (TPSA) is 76.2 Å². The first-order valence-corrected chi connectivity index (χ1v) is 9.13. The third-order valence-electron chi connectivity index (χ3n) is 4.87. The molecule has 0 spiro atoms. The van der Waals surface area contributed by atoms with Crippen molar-refractivity contribution in [2.75, 3.05) is 24.5 Å². The number of oxazole rings is 1. The minimum atomic E-state index is 0.0730. The molecule has 1 aliphatic heterocycles. The van der Waals surface area contributed by atoms with Crippen molar-refractivity contribution in [1.29, 1.82) is 0 Å². The Labute approximate surface area is 152 Å². The molecule has 1 saturated heterocycles. The lowest BCUT2D eigenvalue weighted by Crippen LogP contribution is -2.41. The van der Waals surface area contributed by atoms with Crippen LogP contribution in [0.4, 0.5) is 6.01 Å². The van der Waals surface area contributed by atoms with Crippen LogP contribution in [0.2, 0.25) is 0 Å². The first kappa shape index (κ1) is 16.6. The molecule has 0 radical (unpaired) electrons. The van der Waals surface area contributed by atoms with Crippen molar-refractivity contribution in [3.05, 3.63) is 43.0 Å². The van der Waals surface area contributed by atoms with Crippen LogP contribution in [-0.4, -0.2) is 40.1 Å². The van der Waals surface area contributed by atoms with Crippen LogP contribution in [0.3, 0.4) is 0 Å². The van der Waals surface area contributed by atoms with E-state index < -0.39 is 0 Å². The fraction of sp³-hybridized carbons (Fsp3) is 0.421. The van der Waals surface area contributed by atoms with E-state index in [2.05, 4.69) is 20.2 Å². The molecule has 0 atom stereocenters. The van der Waals surface area contributed by atoms with E-state index in [1.807, 2.05) is 35.0 Å². The molecule has 0 bridgehead atoms. The molecule has 0 saturated carbocycles. The molecule has 1 fully saturated rings. The second-order valence-electron chi connectivity index (χ2n) is 6.67. The van der Waals surface area contributed by atoms with Gasteiger partial charge < -0.3 is 19.2 Å². The van der Waals surface area contributed by atoms with E-state index in [1.54, 1.807) is 12.5 Å². The first-order chi connectivity index (χ1) is 12.8. The second kappa shape index (κ2) is 7.59. The van der Waals surface area contributed by atoms with Crippen LogP contribution >= 0.6 is 0 Å². The van der Waals surface area contributed by atoms with Gasteiger partial charge in [0, 0.05) is 44.5 Å². The van der Waals surface area contributed by atoms with Gasteiger partial charge in [0.25, 0.3) is 6.01 Å². The number of hydrogen-bond acceptors (Lipinski definition) is 5. The zero-order valence-corrected chi connectivity index (χ0v) is 14.7. The van der Waals surface area contributed by atoms with Crippen LogP contribution in [0.25, 0.3) is 11.1 Å². The van der Waals surface area contributed by atoms with Crippen molar-refractivity contribution in [3.63, 3.8) is 0 Å². The minimum Gasteiger partial charge on any atom is -0.423 e. The maximum atomic E-state index is 12.4. The number of nitrogens with one attached hydrogen (secondary N) is 1. The SMILES string of the molecule is O=C(NCCCn1ccnc1)C1CCN(c2nc3ccccc3o2)CC1. The van der Waals surface area contributed by atoms with Gasteiger partial charge in [-0.2, -0.15) is 4.98 Å². The van der Waals surface area contributed by atoms with Gasteiger partial charge in [0.1, 0.15) is 5.52 Å². The molecule has 1 N–H and O–H groups in total. The molecule has 2 aromatic heterocycles. The Morgan fingerprint density at radius 3 is 2.88 bits per heavy atom. The maximum Gasteiger partial charge on any atom is 0.298 e. The molecule has 3 aromatic rings. The third kappa shape index (κ3) is 3.71. The van der Waals surface area contributed by atoms with Crippen molar-refractivity contribution < 1.29 is 9.21 Å². The predicted molar refractivity (Wildman–Crippen MR) is 98.8 cm³/mol. The van der Waals surface area contributed by atoms with E-state index in [0.717, 1.165) is 50.0 Å². The molecular formula is C19H23N5O2. The van der Waals surface area contributed by atoms with Gasteiger partial charge in [0.15, 0.2) is 5.58 Å². The Balaban J connectivity index is 1.23. The van der Waals surface area contributed by atoms with Crippen molar-refractivity contribution in [3.8, 4) is 0 Å². The van der Waals surface area contributed by atoms with E-state index in [1.165, 1.54) is 0 Å². The maximum absolute atomic E-state index is 12.4. The molecule has 7 heteroatoms. The summed E-state index contributed by atoms with van der Waals surface area (Å²) in [7, 11) is 0. The van der Waals surface area contributed by atoms with Crippen molar-refractivity contribution in [2.24, 2.45) is 5.92 Å². The number of nitrogens with zero attached hydrogens (tertiary/aromatic N) is 4. The summed E-state index contributed by atoms with van der Waals surface area (Å²) in [6.45, 7) is 3.15. The highest BCUT2D eigenvalue weighted by Gasteiger charge is 2.26. The van der Waals surface area contributed by atoms with E-state index in [9.17, 15) is 4.79 Å². The quantitative estimate of drug-likeness (QED) is 0.689. The number of para-hydroxylation sites is 2. The van der Waals surface area contributed by atoms with Gasteiger partial charge in [-0.3, -0.25) is 4.79 Å². The summed E-state index contributed by atoms with van der Waals surface area (Å²) in [6, 6.07) is 8.44. The Hall–Kier alpha value is -2.83. The minimum absolute atomic E-state index is 0.0730. The van der Waals surface area contributed by atoms with Gasteiger partial charge in [-0.25, -0.2) is 4.98 Å². The zero-order chi connectivity index (χ0) is 17.8. The van der Waals surface area contributed by atoms with Crippen molar-refractivity contribution >= 4 is 23.0 Å². The van der Waals surface area contributed by atoms with Crippen LogP contribution in [0.1, 0.15) is 19.3 Å². The lowest BCUT2D eigenvalue weighted by molar-refractivity contribution is -0.125. The van der Waals surface area contributed by atoms with Crippen LogP contribution in [0.5, 0.6) is 0 Å². The molecule has 1 amide bonds. The molecule has 1 aromatic carbocycles. The normalized spacial score (nSPS) is 15.5. The number of aromatic nitrogens is 3. The lowest BCUT2D eigenvalue weighted by atomic mass is 9.96. The van der Waals surface area contributed by atoms with Gasteiger partial charge in [-0.15, -0.1) is 0 Å². The highest BCUT2D eigenvalue weighted by Crippen LogP contribution is 2.26. The van der Waals surface area contributed by atoms with E-state index in [0.29, 0.717) is 12.6 Å². The van der Waals surface area contributed by atoms with Gasteiger partial charge >= 0.3 is 0 Å². The Morgan fingerprint density at radius 1 is 1.27 bits per heavy atom. The summed E-state index contributed by atoms with van der Waals surface area (Å²) in [6.07, 6.45) is 8.05. The number of carbonyl (C=O) groups excluding carboxylic acids is 1. The van der Waals surface area contributed by atoms with Crippen LogP contribution < -0.4 is 10.2 Å². The van der Waals surface area contributed by atoms with E-state index >= 15 is 0 Å². The zero-order valence-electron chi connectivity index (χ0n) is 14.7. The Kier molecular flexibility index (Phi) is 4.86. The fourth-order valence-corrected chi connectivity index (χ4v) is 3.36. The van der Waals surface area contributed by atoms with Gasteiger partial charge in [-0.05, 0) is 31.4 Å². The number of rotatable bonds is 6. The largest absolute Gasteiger partial charge is 0.423 e. The Bertz CT molecular complexity index is 817. The van der Waals surface area contributed by atoms with E-state index in [4.69, 9.17) is 4.42 Å². The standard InChI is InChI=1S/C19H23N5O2/c25-18(21-8-3-10-23-13-9-20-14-23)15-6-11-24(12-7-15)19-22-16-4-1-2-5-17(16)26-19/h1-2,4-5,9,13-15H,3,6-8,10-12H2,(H,21,25). The third-order valence-corrected chi connectivity index (χ3v) is 4.87. The number of piperidine rings is 1. The lowest BCUT2D eigenvalue weighted by Gasteiger charge is -2.30. The average molecular weight is 353 g/mol. The van der Waals surface area contributed by atoms with Crippen LogP contribution in [-0.2, 0) is 11.3 Å². The highest BCUT2D eigenvalue weighted by molar-refractivity contribution is 5.79. The van der Waals surface area contributed by atoms with Gasteiger partial charge in [0.05, 0.1) is 6.33 Å². The first-order valence-electron chi connectivity index (χ1n) is 9.13. The van der Waals surface area contributed by atoms with Crippen LogP contribution in [0.15, 0.2) is 47.4 Å². The number of benzene rings is 1. The van der Waals surface area contributed by atoms with Crippen molar-refractivity contribution in [1.82, 2.24) is 19.9 Å². The molecule has 1 aliphatic rings. The molecular weight excluding hydrogens is 330 g/mol. The van der Waals surface area contributed by atoms with Crippen LogP contribution in [0, 0.1) is 5.92 Å². The van der Waals surface area contributed by atoms with E-state index in [-0.39, 0.29) is 11.8 Å². The van der Waals surface area contributed by atoms with Gasteiger partial charge in [-0.1, -0.05) is 12.1 Å². The fourth-order valence-electron chi connectivity index (χ4n) is 3.36. The number of carbonyl (C=O) groups is 1. The summed E-state index contributed by atoms with van der Waals surface area (Å²) in [5.41, 5.74) is 1.68. The molecule has 4 rings (SSSR count). The number of anilines is 1. The molecule has 0 unspecified atom stereocenters. The number of aryl methyl sites for hydroxylation is 1. The van der Waals surface area contributed by atoms with Gasteiger partial charge in [0.2, 0.25) is 5.91 Å². The summed E-state index contributed by atoms with van der Waals surface area (Å²) >= 11 is 0. The summed E-state index contributed by atoms with van der Waals surface area (Å²) in [5.74, 6) is 0.233. The second-order valence-corrected chi connectivity index (χ2v) is 6.67. The summed E-state index contributed by atoms with van der Waals surface area (Å²) in [5, 5.41) is 3.06. The average Bonchev–Trinajstić information content (AvgIpc) is 3.34.